The molecule has 0 aliphatic heterocycles. The molecule has 102 valence electrons. The molecule has 8 heteroatoms. The van der Waals surface area contributed by atoms with Crippen molar-refractivity contribution >= 4 is 33.5 Å². The fourth-order valence-electron chi connectivity index (χ4n) is 1.35. The van der Waals surface area contributed by atoms with E-state index in [1.165, 1.54) is 12.1 Å². The van der Waals surface area contributed by atoms with Crippen LogP contribution >= 0.6 is 15.9 Å². The van der Waals surface area contributed by atoms with E-state index < -0.39 is 15.8 Å². The van der Waals surface area contributed by atoms with Crippen molar-refractivity contribution in [2.24, 2.45) is 0 Å². The third-order valence-corrected chi connectivity index (χ3v) is 3.16. The third kappa shape index (κ3) is 5.04. The highest BCUT2D eigenvalue weighted by atomic mass is 79.9. The van der Waals surface area contributed by atoms with Crippen molar-refractivity contribution in [1.29, 1.82) is 0 Å². The van der Waals surface area contributed by atoms with Crippen LogP contribution in [0.25, 0.3) is 0 Å². The fraction of sp³-hybridized carbons (Fsp3) is 0.273. The zero-order valence-electron chi connectivity index (χ0n) is 9.71. The Kier molecular flexibility index (Phi) is 5.43. The molecule has 7 nitrogen and oxygen atoms in total. The van der Waals surface area contributed by atoms with E-state index >= 15 is 0 Å². The summed E-state index contributed by atoms with van der Waals surface area (Å²) >= 11 is 3.16. The molecule has 1 atom stereocenters. The summed E-state index contributed by atoms with van der Waals surface area (Å²) in [4.78, 5) is 31.2. The van der Waals surface area contributed by atoms with Crippen LogP contribution in [-0.2, 0) is 11.2 Å². The van der Waals surface area contributed by atoms with Crippen LogP contribution < -0.4 is 5.32 Å². The van der Waals surface area contributed by atoms with Crippen molar-refractivity contribution in [1.82, 2.24) is 5.32 Å². The number of rotatable bonds is 6. The Morgan fingerprint density at radius 3 is 2.42 bits per heavy atom. The maximum absolute atomic E-state index is 11.5. The number of benzene rings is 1. The molecule has 0 saturated heterocycles. The van der Waals surface area contributed by atoms with Crippen LogP contribution in [-0.4, -0.2) is 33.3 Å². The van der Waals surface area contributed by atoms with Gasteiger partial charge in [0.15, 0.2) is 5.78 Å². The quantitative estimate of drug-likeness (QED) is 0.469. The normalized spacial score (nSPS) is 11.6. The van der Waals surface area contributed by atoms with Gasteiger partial charge < -0.3 is 10.4 Å². The Bertz CT molecular complexity index is 488. The van der Waals surface area contributed by atoms with Gasteiger partial charge in [-0.3, -0.25) is 14.9 Å². The number of Topliss-reactive ketones (excluding diaryl/α,β-unsaturated/α-hetero) is 1. The zero-order chi connectivity index (χ0) is 14.4. The first-order valence-corrected chi connectivity index (χ1v) is 6.18. The second kappa shape index (κ2) is 6.83. The molecular weight excluding hydrogens is 320 g/mol. The van der Waals surface area contributed by atoms with Gasteiger partial charge >= 0.3 is 6.09 Å². The van der Waals surface area contributed by atoms with E-state index in [-0.39, 0.29) is 18.0 Å². The number of amides is 1. The number of carbonyl (C=O) groups is 2. The standard InChI is InChI=1S/C11H11BrN2O5/c12-9(10(15)6-13-11(16)17)5-7-1-3-8(4-2-7)14(18)19/h1-4,9,13H,5-6H2,(H,16,17). The summed E-state index contributed by atoms with van der Waals surface area (Å²) in [6.07, 6.45) is -0.929. The Hall–Kier alpha value is -1.96. The molecule has 19 heavy (non-hydrogen) atoms. The number of halogens is 1. The minimum Gasteiger partial charge on any atom is -0.465 e. The van der Waals surface area contributed by atoms with Gasteiger partial charge in [0.05, 0.1) is 16.3 Å². The molecule has 0 radical (unpaired) electrons. The molecule has 2 N–H and O–H groups in total. The second-order valence-corrected chi connectivity index (χ2v) is 4.83. The molecule has 1 aromatic carbocycles. The van der Waals surface area contributed by atoms with Crippen LogP contribution in [0.1, 0.15) is 5.56 Å². The first kappa shape index (κ1) is 15.1. The highest BCUT2D eigenvalue weighted by Gasteiger charge is 2.16. The Balaban J connectivity index is 2.56. The van der Waals surface area contributed by atoms with Crippen molar-refractivity contribution in [2.45, 2.75) is 11.2 Å². The molecule has 0 aliphatic carbocycles. The molecule has 0 heterocycles. The molecule has 1 unspecified atom stereocenters. The number of nitro benzene ring substituents is 1. The highest BCUT2D eigenvalue weighted by Crippen LogP contribution is 2.15. The maximum atomic E-state index is 11.5. The Morgan fingerprint density at radius 2 is 1.95 bits per heavy atom. The van der Waals surface area contributed by atoms with E-state index in [1.807, 2.05) is 5.32 Å². The third-order valence-electron chi connectivity index (χ3n) is 2.33. The van der Waals surface area contributed by atoms with E-state index in [2.05, 4.69) is 15.9 Å². The predicted octanol–water partition coefficient (Wildman–Crippen LogP) is 1.74. The number of nitro groups is 1. The van der Waals surface area contributed by atoms with Crippen LogP contribution in [0.5, 0.6) is 0 Å². The number of hydrogen-bond acceptors (Lipinski definition) is 4. The van der Waals surface area contributed by atoms with Crippen molar-refractivity contribution < 1.29 is 19.6 Å². The van der Waals surface area contributed by atoms with Crippen molar-refractivity contribution in [3.05, 3.63) is 39.9 Å². The van der Waals surface area contributed by atoms with Gasteiger partial charge in [0.25, 0.3) is 5.69 Å². The van der Waals surface area contributed by atoms with Gasteiger partial charge in [-0.05, 0) is 12.0 Å². The van der Waals surface area contributed by atoms with Crippen LogP contribution in [0.2, 0.25) is 0 Å². The Morgan fingerprint density at radius 1 is 1.37 bits per heavy atom. The van der Waals surface area contributed by atoms with E-state index in [0.29, 0.717) is 6.42 Å². The SMILES string of the molecule is O=C(O)NCC(=O)C(Br)Cc1ccc([N+](=O)[O-])cc1. The van der Waals surface area contributed by atoms with Crippen molar-refractivity contribution in [2.75, 3.05) is 6.54 Å². The number of non-ortho nitro benzene ring substituents is 1. The van der Waals surface area contributed by atoms with Crippen molar-refractivity contribution in [3.8, 4) is 0 Å². The van der Waals surface area contributed by atoms with Gasteiger partial charge in [0, 0.05) is 12.1 Å². The lowest BCUT2D eigenvalue weighted by molar-refractivity contribution is -0.384. The summed E-state index contributed by atoms with van der Waals surface area (Å²) in [6.45, 7) is -0.280. The summed E-state index contributed by atoms with van der Waals surface area (Å²) in [5.41, 5.74) is 0.727. The monoisotopic (exact) mass is 330 g/mol. The molecule has 0 bridgehead atoms. The maximum Gasteiger partial charge on any atom is 0.405 e. The predicted molar refractivity (Wildman–Crippen MR) is 70.5 cm³/mol. The number of alkyl halides is 1. The summed E-state index contributed by atoms with van der Waals surface area (Å²) in [7, 11) is 0. The molecule has 0 saturated carbocycles. The fourth-order valence-corrected chi connectivity index (χ4v) is 1.88. The van der Waals surface area contributed by atoms with E-state index in [4.69, 9.17) is 5.11 Å². The van der Waals surface area contributed by atoms with E-state index in [0.717, 1.165) is 5.56 Å². The van der Waals surface area contributed by atoms with Crippen LogP contribution in [0.3, 0.4) is 0 Å². The highest BCUT2D eigenvalue weighted by molar-refractivity contribution is 9.10. The van der Waals surface area contributed by atoms with Gasteiger partial charge in [0.2, 0.25) is 0 Å². The molecular formula is C11H11BrN2O5. The molecule has 1 amide bonds. The summed E-state index contributed by atoms with van der Waals surface area (Å²) in [5.74, 6) is -0.305. The van der Waals surface area contributed by atoms with Crippen LogP contribution in [0.15, 0.2) is 24.3 Å². The number of hydrogen-bond donors (Lipinski definition) is 2. The average Bonchev–Trinajstić information content (AvgIpc) is 2.36. The number of nitrogens with zero attached hydrogens (tertiary/aromatic N) is 1. The minimum atomic E-state index is -1.26. The number of carboxylic acid groups (broad SMARTS) is 1. The van der Waals surface area contributed by atoms with Gasteiger partial charge in [0.1, 0.15) is 0 Å². The van der Waals surface area contributed by atoms with Crippen molar-refractivity contribution in [3.63, 3.8) is 0 Å². The lowest BCUT2D eigenvalue weighted by Gasteiger charge is -2.08. The summed E-state index contributed by atoms with van der Waals surface area (Å²) < 4.78 is 0. The van der Waals surface area contributed by atoms with E-state index in [1.54, 1.807) is 12.1 Å². The molecule has 1 aromatic rings. The number of ketones is 1. The molecule has 1 rings (SSSR count). The molecule has 0 fully saturated rings. The largest absolute Gasteiger partial charge is 0.465 e. The summed E-state index contributed by atoms with van der Waals surface area (Å²) in [6, 6.07) is 5.83. The van der Waals surface area contributed by atoms with Crippen LogP contribution in [0.4, 0.5) is 10.5 Å². The Labute approximate surface area is 116 Å². The summed E-state index contributed by atoms with van der Waals surface area (Å²) in [5, 5.41) is 20.8. The lowest BCUT2D eigenvalue weighted by Crippen LogP contribution is -2.32. The molecule has 0 aromatic heterocycles. The topological polar surface area (TPSA) is 110 Å². The van der Waals surface area contributed by atoms with Crippen LogP contribution in [0, 0.1) is 10.1 Å². The van der Waals surface area contributed by atoms with Gasteiger partial charge in [-0.15, -0.1) is 0 Å². The lowest BCUT2D eigenvalue weighted by atomic mass is 10.1. The van der Waals surface area contributed by atoms with Gasteiger partial charge in [-0.2, -0.15) is 0 Å². The second-order valence-electron chi connectivity index (χ2n) is 3.72. The van der Waals surface area contributed by atoms with E-state index in [9.17, 15) is 19.7 Å². The number of nitrogens with one attached hydrogen (secondary N) is 1. The molecule has 0 aliphatic rings. The minimum absolute atomic E-state index is 0.0197. The molecule has 0 spiro atoms. The smallest absolute Gasteiger partial charge is 0.405 e. The number of carbonyl (C=O) groups excluding carboxylic acids is 1. The first-order valence-electron chi connectivity index (χ1n) is 5.27. The van der Waals surface area contributed by atoms with Gasteiger partial charge in [-0.1, -0.05) is 28.1 Å². The van der Waals surface area contributed by atoms with Gasteiger partial charge in [-0.25, -0.2) is 4.79 Å². The first-order chi connectivity index (χ1) is 8.90. The zero-order valence-corrected chi connectivity index (χ0v) is 11.3. The average molecular weight is 331 g/mol.